The lowest BCUT2D eigenvalue weighted by molar-refractivity contribution is 0.217. The number of aryl methyl sites for hydroxylation is 1. The van der Waals surface area contributed by atoms with Crippen molar-refractivity contribution in [3.8, 4) is 5.88 Å². The third-order valence-electron chi connectivity index (χ3n) is 6.21. The molecule has 5 nitrogen and oxygen atoms in total. The Morgan fingerprint density at radius 3 is 1.65 bits per heavy atom. The minimum atomic E-state index is 0.153. The van der Waals surface area contributed by atoms with Crippen molar-refractivity contribution < 1.29 is 4.74 Å². The van der Waals surface area contributed by atoms with Crippen molar-refractivity contribution in [2.75, 3.05) is 7.11 Å². The van der Waals surface area contributed by atoms with E-state index in [0.717, 1.165) is 17.1 Å². The van der Waals surface area contributed by atoms with Gasteiger partial charge in [0.15, 0.2) is 0 Å². The Balaban J connectivity index is 1.69. The van der Waals surface area contributed by atoms with E-state index in [9.17, 15) is 0 Å². The summed E-state index contributed by atoms with van der Waals surface area (Å²) in [4.78, 5) is 18.5. The molecule has 0 unspecified atom stereocenters. The SMILES string of the molecule is COc1cncc([C@H]2[C@H](c3ccccc3)[C@H](c3cncc(C)n3)[C@H]2c2ccccc2)n1. The topological polar surface area (TPSA) is 60.8 Å². The minimum Gasteiger partial charge on any atom is -0.480 e. The zero-order valence-corrected chi connectivity index (χ0v) is 17.6. The van der Waals surface area contributed by atoms with Crippen molar-refractivity contribution in [2.24, 2.45) is 0 Å². The summed E-state index contributed by atoms with van der Waals surface area (Å²) >= 11 is 0. The van der Waals surface area contributed by atoms with Crippen molar-refractivity contribution in [1.82, 2.24) is 19.9 Å². The molecule has 1 aliphatic carbocycles. The summed E-state index contributed by atoms with van der Waals surface area (Å²) in [6.45, 7) is 2.00. The van der Waals surface area contributed by atoms with Crippen LogP contribution in [0.5, 0.6) is 5.88 Å². The molecule has 2 aromatic heterocycles. The fourth-order valence-corrected chi connectivity index (χ4v) is 4.93. The summed E-state index contributed by atoms with van der Waals surface area (Å²) in [5.41, 5.74) is 5.45. The molecule has 154 valence electrons. The monoisotopic (exact) mass is 408 g/mol. The van der Waals surface area contributed by atoms with Gasteiger partial charge in [-0.2, -0.15) is 0 Å². The molecule has 0 N–H and O–H groups in total. The Hall–Kier alpha value is -3.60. The molecule has 2 heterocycles. The summed E-state index contributed by atoms with van der Waals surface area (Å²) in [6.07, 6.45) is 7.25. The molecule has 4 aromatic rings. The van der Waals surface area contributed by atoms with Gasteiger partial charge in [0.25, 0.3) is 0 Å². The minimum absolute atomic E-state index is 0.153. The first-order chi connectivity index (χ1) is 15.3. The van der Waals surface area contributed by atoms with E-state index in [2.05, 4.69) is 70.6 Å². The molecule has 0 spiro atoms. The van der Waals surface area contributed by atoms with Gasteiger partial charge in [0.1, 0.15) is 0 Å². The summed E-state index contributed by atoms with van der Waals surface area (Å²) in [5.74, 6) is 1.30. The van der Waals surface area contributed by atoms with Crippen LogP contribution in [-0.2, 0) is 0 Å². The molecule has 2 aromatic carbocycles. The Kier molecular flexibility index (Phi) is 5.16. The zero-order valence-electron chi connectivity index (χ0n) is 17.6. The number of methoxy groups -OCH3 is 1. The maximum absolute atomic E-state index is 5.39. The van der Waals surface area contributed by atoms with Crippen molar-refractivity contribution in [3.63, 3.8) is 0 Å². The van der Waals surface area contributed by atoms with Crippen LogP contribution >= 0.6 is 0 Å². The fraction of sp³-hybridized carbons (Fsp3) is 0.231. The van der Waals surface area contributed by atoms with Crippen LogP contribution < -0.4 is 4.74 Å². The first kappa shape index (κ1) is 19.4. The molecule has 0 saturated heterocycles. The highest BCUT2D eigenvalue weighted by Gasteiger charge is 2.54. The van der Waals surface area contributed by atoms with Crippen molar-refractivity contribution in [1.29, 1.82) is 0 Å². The van der Waals surface area contributed by atoms with Crippen molar-refractivity contribution in [2.45, 2.75) is 30.6 Å². The average molecular weight is 409 g/mol. The summed E-state index contributed by atoms with van der Waals surface area (Å²) in [5, 5.41) is 0. The number of hydrogen-bond acceptors (Lipinski definition) is 5. The number of rotatable bonds is 5. The molecule has 0 amide bonds. The Labute approximate surface area is 182 Å². The van der Waals surface area contributed by atoms with E-state index in [1.54, 1.807) is 13.3 Å². The van der Waals surface area contributed by atoms with Crippen LogP contribution in [0, 0.1) is 6.92 Å². The van der Waals surface area contributed by atoms with Crippen LogP contribution in [0.2, 0.25) is 0 Å². The van der Waals surface area contributed by atoms with Crippen LogP contribution in [0.4, 0.5) is 0 Å². The largest absolute Gasteiger partial charge is 0.480 e. The van der Waals surface area contributed by atoms with Crippen LogP contribution in [-0.4, -0.2) is 27.0 Å². The molecule has 1 fully saturated rings. The molecular formula is C26H24N4O. The molecule has 2 atom stereocenters. The normalized spacial score (nSPS) is 22.5. The highest BCUT2D eigenvalue weighted by molar-refractivity contribution is 5.45. The van der Waals surface area contributed by atoms with Gasteiger partial charge in [0.2, 0.25) is 5.88 Å². The molecule has 0 aliphatic heterocycles. The molecule has 5 heteroatoms. The van der Waals surface area contributed by atoms with Gasteiger partial charge in [0, 0.05) is 42.3 Å². The highest BCUT2D eigenvalue weighted by Crippen LogP contribution is 2.65. The van der Waals surface area contributed by atoms with Crippen LogP contribution in [0.15, 0.2) is 85.5 Å². The van der Waals surface area contributed by atoms with E-state index in [4.69, 9.17) is 14.7 Å². The molecule has 1 aliphatic rings. The summed E-state index contributed by atoms with van der Waals surface area (Å²) < 4.78 is 5.39. The van der Waals surface area contributed by atoms with Crippen molar-refractivity contribution >= 4 is 0 Å². The standard InChI is InChI=1S/C26H24N4O/c1-17-13-27-14-20(29-17)25-23(18-9-5-3-6-10-18)26(21-15-28-16-22(30-21)31-2)24(25)19-11-7-4-8-12-19/h3-16,23-26H,1-2H3/t23-,24-,25-,26-/m1/s1. The van der Waals surface area contributed by atoms with Crippen LogP contribution in [0.25, 0.3) is 0 Å². The van der Waals surface area contributed by atoms with Gasteiger partial charge < -0.3 is 4.74 Å². The van der Waals surface area contributed by atoms with E-state index in [-0.39, 0.29) is 23.7 Å². The number of nitrogens with zero attached hydrogens (tertiary/aromatic N) is 4. The lowest BCUT2D eigenvalue weighted by Gasteiger charge is -2.52. The Morgan fingerprint density at radius 2 is 1.13 bits per heavy atom. The Bertz CT molecular complexity index is 1120. The van der Waals surface area contributed by atoms with E-state index < -0.39 is 0 Å². The van der Waals surface area contributed by atoms with Gasteiger partial charge in [-0.05, 0) is 18.1 Å². The Morgan fingerprint density at radius 1 is 0.613 bits per heavy atom. The second-order valence-electron chi connectivity index (χ2n) is 8.00. The lowest BCUT2D eigenvalue weighted by Crippen LogP contribution is -2.41. The van der Waals surface area contributed by atoms with E-state index in [0.29, 0.717) is 5.88 Å². The first-order valence-corrected chi connectivity index (χ1v) is 10.5. The second-order valence-corrected chi connectivity index (χ2v) is 8.00. The average Bonchev–Trinajstić information content (AvgIpc) is 2.80. The number of hydrogen-bond donors (Lipinski definition) is 0. The smallest absolute Gasteiger partial charge is 0.232 e. The first-order valence-electron chi connectivity index (χ1n) is 10.5. The summed E-state index contributed by atoms with van der Waals surface area (Å²) in [6, 6.07) is 21.3. The maximum Gasteiger partial charge on any atom is 0.232 e. The second kappa shape index (κ2) is 8.26. The quantitative estimate of drug-likeness (QED) is 0.463. The highest BCUT2D eigenvalue weighted by atomic mass is 16.5. The molecule has 0 bridgehead atoms. The van der Waals surface area contributed by atoms with E-state index in [1.807, 2.05) is 25.5 Å². The fourth-order valence-electron chi connectivity index (χ4n) is 4.93. The number of aromatic nitrogens is 4. The van der Waals surface area contributed by atoms with E-state index >= 15 is 0 Å². The summed E-state index contributed by atoms with van der Waals surface area (Å²) in [7, 11) is 1.63. The van der Waals surface area contributed by atoms with Crippen LogP contribution in [0.3, 0.4) is 0 Å². The third-order valence-corrected chi connectivity index (χ3v) is 6.21. The zero-order chi connectivity index (χ0) is 21.2. The number of ether oxygens (including phenoxy) is 1. The molecule has 0 radical (unpaired) electrons. The molecular weight excluding hydrogens is 384 g/mol. The van der Waals surface area contributed by atoms with Crippen molar-refractivity contribution in [3.05, 3.63) is 114 Å². The van der Waals surface area contributed by atoms with Gasteiger partial charge in [-0.3, -0.25) is 15.0 Å². The number of benzene rings is 2. The van der Waals surface area contributed by atoms with Gasteiger partial charge in [-0.1, -0.05) is 60.7 Å². The predicted molar refractivity (Wildman–Crippen MR) is 119 cm³/mol. The predicted octanol–water partition coefficient (Wildman–Crippen LogP) is 5.03. The molecule has 5 rings (SSSR count). The maximum atomic E-state index is 5.39. The van der Waals surface area contributed by atoms with Crippen LogP contribution in [0.1, 0.15) is 51.9 Å². The van der Waals surface area contributed by atoms with E-state index in [1.165, 1.54) is 11.1 Å². The van der Waals surface area contributed by atoms with Gasteiger partial charge >= 0.3 is 0 Å². The third kappa shape index (κ3) is 3.56. The molecule has 1 saturated carbocycles. The van der Waals surface area contributed by atoms with Gasteiger partial charge in [0.05, 0.1) is 30.4 Å². The molecule has 31 heavy (non-hydrogen) atoms. The van der Waals surface area contributed by atoms with Gasteiger partial charge in [-0.25, -0.2) is 4.98 Å². The van der Waals surface area contributed by atoms with Gasteiger partial charge in [-0.15, -0.1) is 0 Å². The lowest BCUT2D eigenvalue weighted by atomic mass is 9.51.